The van der Waals surface area contributed by atoms with E-state index in [1.807, 2.05) is 36.4 Å². The van der Waals surface area contributed by atoms with Crippen molar-refractivity contribution in [1.82, 2.24) is 0 Å². The number of rotatable bonds is 16. The van der Waals surface area contributed by atoms with Gasteiger partial charge in [0.2, 0.25) is 0 Å². The lowest BCUT2D eigenvalue weighted by Crippen LogP contribution is -2.33. The predicted molar refractivity (Wildman–Crippen MR) is 194 cm³/mol. The van der Waals surface area contributed by atoms with E-state index < -0.39 is 18.0 Å². The van der Waals surface area contributed by atoms with Gasteiger partial charge in [-0.25, -0.2) is 0 Å². The first-order valence-corrected chi connectivity index (χ1v) is 17.5. The number of unbranched alkanes of at least 4 members (excludes halogenated alkanes) is 3. The Balaban J connectivity index is 1.34. The van der Waals surface area contributed by atoms with Gasteiger partial charge < -0.3 is 36.6 Å². The van der Waals surface area contributed by atoms with Crippen LogP contribution in [0.15, 0.2) is 95.3 Å². The molecule has 0 aromatic heterocycles. The van der Waals surface area contributed by atoms with Gasteiger partial charge >= 0.3 is 0 Å². The lowest BCUT2D eigenvalue weighted by molar-refractivity contribution is -0.317. The van der Waals surface area contributed by atoms with Crippen molar-refractivity contribution in [3.63, 3.8) is 0 Å². The van der Waals surface area contributed by atoms with Crippen LogP contribution in [0, 0.1) is 5.92 Å². The van der Waals surface area contributed by atoms with Crippen molar-refractivity contribution in [3.05, 3.63) is 124 Å². The molecular weight excluding hydrogens is 630 g/mol. The summed E-state index contributed by atoms with van der Waals surface area (Å²) in [6.45, 7) is 2.24. The van der Waals surface area contributed by atoms with Crippen LogP contribution < -0.4 is 21.3 Å². The summed E-state index contributed by atoms with van der Waals surface area (Å²) in [5.41, 5.74) is 17.2. The fraction of sp³-hybridized carbons (Fsp3) is 0.366. The van der Waals surface area contributed by atoms with Gasteiger partial charge in [0.25, 0.3) is 0 Å². The summed E-state index contributed by atoms with van der Waals surface area (Å²) in [5, 5.41) is 46.1. The van der Waals surface area contributed by atoms with Crippen molar-refractivity contribution in [2.45, 2.75) is 76.3 Å². The standard InChI is InChI=1S/C41H49N3O6/c1-2-3-4-5-6-7-31(46)12-8-26-10-15-37(48)38(21-26)50-19-17-27-9-14-36(47)34(20-27)39-32-13-11-28(41(42)43)22-33(32)30(25-45)23-35(39)40(49)29-16-18-44-24-29/h6-7,9-11,13-16,18,20-22,24,30,35,39,41,45,47-49H,2-5,8,12,17,19,23,25,42-43H2,1H3/p-1/b7-6+,40-29?/t30-,35+,39-/m1/s1. The average molecular weight is 679 g/mol. The molecule has 50 heavy (non-hydrogen) atoms. The van der Waals surface area contributed by atoms with Crippen molar-refractivity contribution in [1.29, 1.82) is 0 Å². The monoisotopic (exact) mass is 678 g/mol. The Hall–Kier alpha value is -4.70. The number of aliphatic hydroxyl groups is 1. The molecule has 0 bridgehead atoms. The molecule has 0 radical (unpaired) electrons. The molecule has 7 N–H and O–H groups in total. The van der Waals surface area contributed by atoms with Crippen LogP contribution in [0.1, 0.15) is 96.8 Å². The summed E-state index contributed by atoms with van der Waals surface area (Å²) < 4.78 is 6.01. The van der Waals surface area contributed by atoms with E-state index in [9.17, 15) is 25.2 Å². The number of ketones is 1. The number of aliphatic imine (C=N–C) groups is 1. The highest BCUT2D eigenvalue weighted by molar-refractivity contribution is 5.89. The molecule has 0 spiro atoms. The first-order chi connectivity index (χ1) is 24.2. The first kappa shape index (κ1) is 36.6. The van der Waals surface area contributed by atoms with E-state index in [-0.39, 0.29) is 42.2 Å². The van der Waals surface area contributed by atoms with E-state index in [4.69, 9.17) is 16.2 Å². The topological polar surface area (TPSA) is 174 Å². The number of benzene rings is 3. The number of aryl methyl sites for hydroxylation is 1. The van der Waals surface area contributed by atoms with Gasteiger partial charge in [-0.1, -0.05) is 62.2 Å². The van der Waals surface area contributed by atoms with Gasteiger partial charge in [-0.2, -0.15) is 0 Å². The van der Waals surface area contributed by atoms with Crippen LogP contribution in [-0.4, -0.2) is 40.5 Å². The van der Waals surface area contributed by atoms with E-state index in [1.165, 1.54) is 0 Å². The molecule has 0 unspecified atom stereocenters. The molecule has 5 rings (SSSR count). The normalized spacial score (nSPS) is 19.3. The second-order valence-electron chi connectivity index (χ2n) is 13.2. The highest BCUT2D eigenvalue weighted by Crippen LogP contribution is 2.50. The number of aromatic hydroxyl groups is 2. The smallest absolute Gasteiger partial charge is 0.161 e. The third-order valence-corrected chi connectivity index (χ3v) is 9.64. The molecule has 264 valence electrons. The maximum absolute atomic E-state index is 13.9. The minimum absolute atomic E-state index is 0.0134. The number of aliphatic hydroxyl groups excluding tert-OH is 1. The average Bonchev–Trinajstić information content (AvgIpc) is 3.66. The summed E-state index contributed by atoms with van der Waals surface area (Å²) in [6, 6.07) is 16.1. The van der Waals surface area contributed by atoms with Crippen LogP contribution in [0.4, 0.5) is 0 Å². The molecule has 2 aliphatic rings. The predicted octanol–water partition coefficient (Wildman–Crippen LogP) is 5.71. The number of nitrogens with zero attached hydrogens (tertiary/aromatic N) is 1. The highest BCUT2D eigenvalue weighted by Gasteiger charge is 2.37. The first-order valence-electron chi connectivity index (χ1n) is 17.5. The molecule has 9 heteroatoms. The second-order valence-corrected chi connectivity index (χ2v) is 13.2. The molecule has 1 heterocycles. The van der Waals surface area contributed by atoms with Crippen LogP contribution in [0.2, 0.25) is 0 Å². The van der Waals surface area contributed by atoms with Crippen molar-refractivity contribution < 1.29 is 30.0 Å². The molecule has 0 amide bonds. The van der Waals surface area contributed by atoms with E-state index >= 15 is 0 Å². The molecule has 0 saturated carbocycles. The summed E-state index contributed by atoms with van der Waals surface area (Å²) in [4.78, 5) is 16.4. The number of allylic oxidation sites excluding steroid dienone is 5. The Morgan fingerprint density at radius 2 is 1.78 bits per heavy atom. The van der Waals surface area contributed by atoms with Gasteiger partial charge in [-0.15, -0.1) is 5.76 Å². The summed E-state index contributed by atoms with van der Waals surface area (Å²) in [6.07, 6.45) is 13.8. The SMILES string of the molecule is CCCCC/C=C/C(=O)CCc1ccc(O)c(OCCc2ccc(O)c([C@H]3c4ccc(C(N)N)cc4[C@@H](CO)C[C@@H]3C([O-])=C3C=CN=C3)c2)c1. The van der Waals surface area contributed by atoms with Crippen LogP contribution in [0.3, 0.4) is 0 Å². The van der Waals surface area contributed by atoms with Crippen LogP contribution in [0.25, 0.3) is 0 Å². The lowest BCUT2D eigenvalue weighted by Gasteiger charge is -2.42. The molecule has 0 saturated heterocycles. The largest absolute Gasteiger partial charge is 0.875 e. The molecular formula is C41H48N3O6-. The number of phenols is 2. The van der Waals surface area contributed by atoms with E-state index in [0.29, 0.717) is 42.6 Å². The zero-order valence-electron chi connectivity index (χ0n) is 28.6. The second kappa shape index (κ2) is 17.3. The summed E-state index contributed by atoms with van der Waals surface area (Å²) >= 11 is 0. The molecule has 3 aromatic carbocycles. The van der Waals surface area contributed by atoms with Crippen molar-refractivity contribution >= 4 is 12.0 Å². The Kier molecular flexibility index (Phi) is 12.7. The third-order valence-electron chi connectivity index (χ3n) is 9.64. The maximum Gasteiger partial charge on any atom is 0.161 e. The van der Waals surface area contributed by atoms with Crippen LogP contribution in [-0.2, 0) is 17.6 Å². The van der Waals surface area contributed by atoms with Gasteiger partial charge in [-0.05, 0) is 95.3 Å². The number of hydrogen-bond acceptors (Lipinski definition) is 9. The number of fused-ring (bicyclic) bond motifs is 1. The number of carbonyl (C=O) groups excluding carboxylic acids is 1. The lowest BCUT2D eigenvalue weighted by atomic mass is 9.66. The molecule has 9 nitrogen and oxygen atoms in total. The van der Waals surface area contributed by atoms with Crippen LogP contribution in [0.5, 0.6) is 17.2 Å². The number of carbonyl (C=O) groups is 1. The van der Waals surface area contributed by atoms with Crippen molar-refractivity contribution in [2.75, 3.05) is 13.2 Å². The maximum atomic E-state index is 13.9. The van der Waals surface area contributed by atoms with Crippen LogP contribution >= 0.6 is 0 Å². The quantitative estimate of drug-likeness (QED) is 0.0554. The molecule has 1 aliphatic carbocycles. The zero-order valence-corrected chi connectivity index (χ0v) is 28.6. The van der Waals surface area contributed by atoms with E-state index in [0.717, 1.165) is 53.5 Å². The number of phenolic OH excluding ortho intramolecular Hbond substituents is 2. The Morgan fingerprint density at radius 3 is 2.50 bits per heavy atom. The van der Waals surface area contributed by atoms with Gasteiger partial charge in [0, 0.05) is 49.3 Å². The molecule has 0 fully saturated rings. The number of nitrogens with two attached hydrogens (primary N) is 2. The minimum Gasteiger partial charge on any atom is -0.875 e. The van der Waals surface area contributed by atoms with E-state index in [2.05, 4.69) is 11.9 Å². The van der Waals surface area contributed by atoms with Crippen molar-refractivity contribution in [2.24, 2.45) is 22.4 Å². The van der Waals surface area contributed by atoms with E-state index in [1.54, 1.807) is 48.8 Å². The minimum atomic E-state index is -0.700. The number of hydrogen-bond donors (Lipinski definition) is 5. The fourth-order valence-electron chi connectivity index (χ4n) is 6.88. The Morgan fingerprint density at radius 1 is 1.00 bits per heavy atom. The van der Waals surface area contributed by atoms with Gasteiger partial charge in [0.1, 0.15) is 5.75 Å². The molecule has 3 atom stereocenters. The fourth-order valence-corrected chi connectivity index (χ4v) is 6.88. The molecule has 3 aromatic rings. The molecule has 1 aliphatic heterocycles. The highest BCUT2D eigenvalue weighted by atomic mass is 16.5. The Labute approximate surface area is 294 Å². The Bertz CT molecular complexity index is 1760. The van der Waals surface area contributed by atoms with Gasteiger partial charge in [-0.3, -0.25) is 9.79 Å². The third kappa shape index (κ3) is 8.90. The zero-order chi connectivity index (χ0) is 35.6. The van der Waals surface area contributed by atoms with Crippen molar-refractivity contribution in [3.8, 4) is 17.2 Å². The summed E-state index contributed by atoms with van der Waals surface area (Å²) in [5.74, 6) is -1.01. The van der Waals surface area contributed by atoms with Gasteiger partial charge in [0.15, 0.2) is 17.3 Å². The van der Waals surface area contributed by atoms with Gasteiger partial charge in [0.05, 0.1) is 12.8 Å². The number of ether oxygens (including phenoxy) is 1. The summed E-state index contributed by atoms with van der Waals surface area (Å²) in [7, 11) is 0.